The van der Waals surface area contributed by atoms with Gasteiger partial charge in [-0.2, -0.15) is 0 Å². The van der Waals surface area contributed by atoms with Gasteiger partial charge in [-0.05, 0) is 43.5 Å². The van der Waals surface area contributed by atoms with Crippen LogP contribution in [0.1, 0.15) is 22.6 Å². The smallest absolute Gasteiger partial charge is 0.241 e. The number of aromatic nitrogens is 2. The highest BCUT2D eigenvalue weighted by atomic mass is 35.5. The number of hydrogen-bond acceptors (Lipinski definition) is 5. The monoisotopic (exact) mass is 339 g/mol. The highest BCUT2D eigenvalue weighted by molar-refractivity contribution is 7.15. The topological polar surface area (TPSA) is 64.1 Å². The van der Waals surface area contributed by atoms with Crippen LogP contribution in [0.5, 0.6) is 5.75 Å². The number of carbonyl (C=O) groups excluding carboxylic acids is 1. The van der Waals surface area contributed by atoms with E-state index in [0.717, 1.165) is 23.6 Å². The second-order valence-corrected chi connectivity index (χ2v) is 6.29. The molecule has 0 bridgehead atoms. The maximum atomic E-state index is 11.1. The van der Waals surface area contributed by atoms with Crippen molar-refractivity contribution in [2.75, 3.05) is 17.8 Å². The third kappa shape index (κ3) is 5.27. The third-order valence-electron chi connectivity index (χ3n) is 2.83. The van der Waals surface area contributed by atoms with Crippen LogP contribution < -0.4 is 10.1 Å². The van der Waals surface area contributed by atoms with Crippen molar-refractivity contribution in [1.29, 1.82) is 0 Å². The van der Waals surface area contributed by atoms with Crippen molar-refractivity contribution in [3.63, 3.8) is 0 Å². The summed E-state index contributed by atoms with van der Waals surface area (Å²) in [6.07, 6.45) is 1.60. The van der Waals surface area contributed by atoms with Gasteiger partial charge in [0, 0.05) is 6.42 Å². The summed E-state index contributed by atoms with van der Waals surface area (Å²) in [5.41, 5.74) is 2.39. The SMILES string of the molecule is Cc1cc(C)cc(OCCCc2nnc(NC(=O)CCl)s2)c1. The van der Waals surface area contributed by atoms with Gasteiger partial charge in [0.25, 0.3) is 0 Å². The molecule has 1 heterocycles. The van der Waals surface area contributed by atoms with E-state index in [-0.39, 0.29) is 11.8 Å². The highest BCUT2D eigenvalue weighted by Gasteiger charge is 2.07. The molecule has 1 N–H and O–H groups in total. The van der Waals surface area contributed by atoms with Crippen LogP contribution in [-0.2, 0) is 11.2 Å². The lowest BCUT2D eigenvalue weighted by Crippen LogP contribution is -2.12. The summed E-state index contributed by atoms with van der Waals surface area (Å²) in [6, 6.07) is 6.17. The molecule has 0 aliphatic heterocycles. The molecule has 0 spiro atoms. The average Bonchev–Trinajstić information content (AvgIpc) is 2.90. The van der Waals surface area contributed by atoms with E-state index in [0.29, 0.717) is 11.7 Å². The summed E-state index contributed by atoms with van der Waals surface area (Å²) in [7, 11) is 0. The number of alkyl halides is 1. The Morgan fingerprint density at radius 2 is 2.00 bits per heavy atom. The number of rotatable bonds is 7. The molecule has 1 amide bonds. The van der Waals surface area contributed by atoms with E-state index >= 15 is 0 Å². The molecule has 1 aromatic carbocycles. The van der Waals surface area contributed by atoms with Crippen LogP contribution in [0.3, 0.4) is 0 Å². The fourth-order valence-corrected chi connectivity index (χ4v) is 2.85. The first kappa shape index (κ1) is 16.7. The molecule has 0 radical (unpaired) electrons. The second kappa shape index (κ2) is 8.10. The van der Waals surface area contributed by atoms with Gasteiger partial charge in [0.2, 0.25) is 11.0 Å². The van der Waals surface area contributed by atoms with Crippen LogP contribution in [0.15, 0.2) is 18.2 Å². The lowest BCUT2D eigenvalue weighted by atomic mass is 10.1. The van der Waals surface area contributed by atoms with Gasteiger partial charge < -0.3 is 4.74 Å². The predicted octanol–water partition coefficient (Wildman–Crippen LogP) is 3.34. The van der Waals surface area contributed by atoms with Gasteiger partial charge in [0.15, 0.2) is 0 Å². The third-order valence-corrected chi connectivity index (χ3v) is 3.97. The summed E-state index contributed by atoms with van der Waals surface area (Å²) in [5.74, 6) is 0.533. The lowest BCUT2D eigenvalue weighted by Gasteiger charge is -2.07. The van der Waals surface area contributed by atoms with Crippen molar-refractivity contribution in [3.8, 4) is 5.75 Å². The fourth-order valence-electron chi connectivity index (χ4n) is 1.99. The van der Waals surface area contributed by atoms with Crippen molar-refractivity contribution in [2.24, 2.45) is 0 Å². The Balaban J connectivity index is 1.75. The van der Waals surface area contributed by atoms with Crippen LogP contribution in [-0.4, -0.2) is 28.6 Å². The Morgan fingerprint density at radius 1 is 1.27 bits per heavy atom. The van der Waals surface area contributed by atoms with Crippen molar-refractivity contribution >= 4 is 34.0 Å². The van der Waals surface area contributed by atoms with Gasteiger partial charge in [-0.25, -0.2) is 0 Å². The molecule has 0 saturated heterocycles. The summed E-state index contributed by atoms with van der Waals surface area (Å²) in [6.45, 7) is 4.72. The van der Waals surface area contributed by atoms with E-state index in [9.17, 15) is 4.79 Å². The van der Waals surface area contributed by atoms with E-state index < -0.39 is 0 Å². The normalized spacial score (nSPS) is 10.5. The maximum absolute atomic E-state index is 11.1. The van der Waals surface area contributed by atoms with Crippen LogP contribution in [0.2, 0.25) is 0 Å². The quantitative estimate of drug-likeness (QED) is 0.620. The van der Waals surface area contributed by atoms with Gasteiger partial charge in [-0.1, -0.05) is 17.4 Å². The molecule has 7 heteroatoms. The van der Waals surface area contributed by atoms with E-state index in [2.05, 4.69) is 35.4 Å². The Hall–Kier alpha value is -1.66. The number of hydrogen-bond donors (Lipinski definition) is 1. The van der Waals surface area contributed by atoms with Crippen molar-refractivity contribution in [3.05, 3.63) is 34.3 Å². The first-order valence-corrected chi connectivity index (χ1v) is 8.31. The van der Waals surface area contributed by atoms with Gasteiger partial charge in [-0.15, -0.1) is 21.8 Å². The maximum Gasteiger partial charge on any atom is 0.241 e. The van der Waals surface area contributed by atoms with Crippen molar-refractivity contribution < 1.29 is 9.53 Å². The van der Waals surface area contributed by atoms with Gasteiger partial charge in [0.1, 0.15) is 16.6 Å². The summed E-state index contributed by atoms with van der Waals surface area (Å²) in [4.78, 5) is 11.1. The Kier molecular flexibility index (Phi) is 6.15. The second-order valence-electron chi connectivity index (χ2n) is 4.96. The van der Waals surface area contributed by atoms with E-state index in [1.807, 2.05) is 12.1 Å². The molecule has 0 aliphatic rings. The molecule has 0 unspecified atom stereocenters. The molecule has 118 valence electrons. The van der Waals surface area contributed by atoms with Crippen LogP contribution in [0, 0.1) is 13.8 Å². The molecule has 0 fully saturated rings. The van der Waals surface area contributed by atoms with Crippen molar-refractivity contribution in [1.82, 2.24) is 10.2 Å². The van der Waals surface area contributed by atoms with Gasteiger partial charge in [-0.3, -0.25) is 10.1 Å². The summed E-state index contributed by atoms with van der Waals surface area (Å²) < 4.78 is 5.75. The number of carbonyl (C=O) groups is 1. The number of halogens is 1. The van der Waals surface area contributed by atoms with E-state index in [1.165, 1.54) is 22.5 Å². The molecular weight excluding hydrogens is 322 g/mol. The molecule has 0 atom stereocenters. The zero-order chi connectivity index (χ0) is 15.9. The average molecular weight is 340 g/mol. The number of nitrogens with one attached hydrogen (secondary N) is 1. The molecule has 5 nitrogen and oxygen atoms in total. The molecule has 22 heavy (non-hydrogen) atoms. The summed E-state index contributed by atoms with van der Waals surface area (Å²) >= 11 is 6.78. The first-order valence-electron chi connectivity index (χ1n) is 6.96. The van der Waals surface area contributed by atoms with Crippen molar-refractivity contribution in [2.45, 2.75) is 26.7 Å². The van der Waals surface area contributed by atoms with E-state index in [1.54, 1.807) is 0 Å². The number of aryl methyl sites for hydroxylation is 3. The standard InChI is InChI=1S/C15H18ClN3O2S/c1-10-6-11(2)8-12(7-10)21-5-3-4-14-18-19-15(22-14)17-13(20)9-16/h6-8H,3-5,9H2,1-2H3,(H,17,19,20). The van der Waals surface area contributed by atoms with Crippen LogP contribution in [0.4, 0.5) is 5.13 Å². The molecule has 1 aromatic heterocycles. The number of benzene rings is 1. The van der Waals surface area contributed by atoms with Gasteiger partial charge in [0.05, 0.1) is 6.61 Å². The largest absolute Gasteiger partial charge is 0.494 e. The Labute approximate surface area is 138 Å². The lowest BCUT2D eigenvalue weighted by molar-refractivity contribution is -0.113. The molecular formula is C15H18ClN3O2S. The fraction of sp³-hybridized carbons (Fsp3) is 0.400. The van der Waals surface area contributed by atoms with E-state index in [4.69, 9.17) is 16.3 Å². The molecule has 2 rings (SSSR count). The Bertz CT molecular complexity index is 625. The zero-order valence-electron chi connectivity index (χ0n) is 12.6. The van der Waals surface area contributed by atoms with Gasteiger partial charge >= 0.3 is 0 Å². The summed E-state index contributed by atoms with van der Waals surface area (Å²) in [5, 5.41) is 11.9. The molecule has 0 aliphatic carbocycles. The minimum Gasteiger partial charge on any atom is -0.494 e. The number of nitrogens with zero attached hydrogens (tertiary/aromatic N) is 2. The predicted molar refractivity (Wildman–Crippen MR) is 89.0 cm³/mol. The number of ether oxygens (including phenoxy) is 1. The van der Waals surface area contributed by atoms with Crippen LogP contribution in [0.25, 0.3) is 0 Å². The molecule has 0 saturated carbocycles. The number of anilines is 1. The minimum atomic E-state index is -0.275. The highest BCUT2D eigenvalue weighted by Crippen LogP contribution is 2.18. The Morgan fingerprint density at radius 3 is 2.68 bits per heavy atom. The van der Waals surface area contributed by atoms with Crippen LogP contribution >= 0.6 is 22.9 Å². The zero-order valence-corrected chi connectivity index (χ0v) is 14.1. The number of amides is 1. The minimum absolute atomic E-state index is 0.0847. The first-order chi connectivity index (χ1) is 10.6. The molecule has 2 aromatic rings.